The molecule has 0 radical (unpaired) electrons. The van der Waals surface area contributed by atoms with Crippen LogP contribution in [-0.2, 0) is 6.42 Å². The van der Waals surface area contributed by atoms with Crippen LogP contribution in [0.4, 0.5) is 0 Å². The second kappa shape index (κ2) is 6.39. The molecule has 4 nitrogen and oxygen atoms in total. The molecule has 1 heterocycles. The van der Waals surface area contributed by atoms with Gasteiger partial charge in [0.05, 0.1) is 0 Å². The molecule has 0 bridgehead atoms. The van der Waals surface area contributed by atoms with E-state index in [0.29, 0.717) is 17.9 Å². The van der Waals surface area contributed by atoms with Gasteiger partial charge in [0.1, 0.15) is 0 Å². The van der Waals surface area contributed by atoms with Crippen molar-refractivity contribution in [1.29, 1.82) is 0 Å². The highest BCUT2D eigenvalue weighted by Crippen LogP contribution is 2.53. The van der Waals surface area contributed by atoms with Gasteiger partial charge in [-0.2, -0.15) is 0 Å². The molecule has 0 spiro atoms. The van der Waals surface area contributed by atoms with E-state index >= 15 is 0 Å². The Kier molecular flexibility index (Phi) is 4.34. The largest absolute Gasteiger partial charge is 0.425 e. The molecule has 1 aromatic heterocycles. The average Bonchev–Trinajstić information content (AvgIpc) is 3.16. The summed E-state index contributed by atoms with van der Waals surface area (Å²) in [7, 11) is 0. The molecular weight excluding hydrogens is 262 g/mol. The zero-order valence-electron chi connectivity index (χ0n) is 12.7. The molecule has 1 fully saturated rings. The molecule has 0 aliphatic heterocycles. The van der Waals surface area contributed by atoms with Gasteiger partial charge in [-0.15, -0.1) is 10.2 Å². The van der Waals surface area contributed by atoms with Crippen molar-refractivity contribution in [3.63, 3.8) is 0 Å². The highest BCUT2D eigenvalue weighted by atomic mass is 16.4. The van der Waals surface area contributed by atoms with Crippen LogP contribution in [0.3, 0.4) is 0 Å². The Morgan fingerprint density at radius 2 is 2.00 bits per heavy atom. The number of aromatic nitrogens is 2. The molecule has 0 amide bonds. The number of benzene rings is 1. The van der Waals surface area contributed by atoms with Crippen LogP contribution in [0.15, 0.2) is 34.7 Å². The zero-order chi connectivity index (χ0) is 14.7. The van der Waals surface area contributed by atoms with Crippen molar-refractivity contribution in [2.75, 3.05) is 6.54 Å². The standard InChI is InChI=1S/C17H23N3O/c1-12(2)18-10-6-9-16-19-20-17(21-16)15-11-14(15)13-7-4-3-5-8-13/h3-5,7-8,12,14-15,18H,6,9-11H2,1-2H3. The Hall–Kier alpha value is -1.68. The van der Waals surface area contributed by atoms with E-state index in [9.17, 15) is 0 Å². The normalized spacial score (nSPS) is 20.9. The summed E-state index contributed by atoms with van der Waals surface area (Å²) in [5.41, 5.74) is 1.38. The third-order valence-corrected chi connectivity index (χ3v) is 3.94. The number of nitrogens with zero attached hydrogens (tertiary/aromatic N) is 2. The summed E-state index contributed by atoms with van der Waals surface area (Å²) in [6.07, 6.45) is 3.02. The molecule has 2 unspecified atom stereocenters. The number of nitrogens with one attached hydrogen (secondary N) is 1. The fourth-order valence-corrected chi connectivity index (χ4v) is 2.68. The summed E-state index contributed by atoms with van der Waals surface area (Å²) in [5, 5.41) is 11.8. The lowest BCUT2D eigenvalue weighted by Crippen LogP contribution is -2.23. The van der Waals surface area contributed by atoms with Crippen LogP contribution in [-0.4, -0.2) is 22.8 Å². The lowest BCUT2D eigenvalue weighted by molar-refractivity contribution is 0.438. The van der Waals surface area contributed by atoms with Gasteiger partial charge in [0.25, 0.3) is 0 Å². The molecule has 1 saturated carbocycles. The predicted molar refractivity (Wildman–Crippen MR) is 82.3 cm³/mol. The second-order valence-electron chi connectivity index (χ2n) is 6.11. The maximum Gasteiger partial charge on any atom is 0.220 e. The predicted octanol–water partition coefficient (Wildman–Crippen LogP) is 3.27. The molecule has 3 rings (SSSR count). The van der Waals surface area contributed by atoms with Gasteiger partial charge in [0.15, 0.2) is 0 Å². The molecule has 1 aromatic carbocycles. The summed E-state index contributed by atoms with van der Waals surface area (Å²) >= 11 is 0. The first-order valence-corrected chi connectivity index (χ1v) is 7.84. The minimum atomic E-state index is 0.419. The van der Waals surface area contributed by atoms with Crippen molar-refractivity contribution in [2.45, 2.75) is 51.0 Å². The summed E-state index contributed by atoms with van der Waals surface area (Å²) in [5.74, 6) is 2.56. The Labute approximate surface area is 126 Å². The number of rotatable bonds is 7. The molecule has 1 N–H and O–H groups in total. The topological polar surface area (TPSA) is 51.0 Å². The van der Waals surface area contributed by atoms with E-state index in [1.54, 1.807) is 0 Å². The van der Waals surface area contributed by atoms with Gasteiger partial charge in [-0.05, 0) is 30.9 Å². The van der Waals surface area contributed by atoms with Gasteiger partial charge in [-0.3, -0.25) is 0 Å². The number of hydrogen-bond acceptors (Lipinski definition) is 4. The lowest BCUT2D eigenvalue weighted by Gasteiger charge is -2.05. The minimum absolute atomic E-state index is 0.419. The summed E-state index contributed by atoms with van der Waals surface area (Å²) < 4.78 is 5.82. The zero-order valence-corrected chi connectivity index (χ0v) is 12.7. The van der Waals surface area contributed by atoms with Crippen molar-refractivity contribution in [2.24, 2.45) is 0 Å². The molecule has 112 valence electrons. The molecule has 21 heavy (non-hydrogen) atoms. The van der Waals surface area contributed by atoms with Gasteiger partial charge in [-0.25, -0.2) is 0 Å². The van der Waals surface area contributed by atoms with Crippen molar-refractivity contribution in [3.05, 3.63) is 47.7 Å². The van der Waals surface area contributed by atoms with E-state index in [4.69, 9.17) is 4.42 Å². The minimum Gasteiger partial charge on any atom is -0.425 e. The molecule has 1 aliphatic carbocycles. The number of hydrogen-bond donors (Lipinski definition) is 1. The van der Waals surface area contributed by atoms with Gasteiger partial charge in [-0.1, -0.05) is 44.2 Å². The molecule has 1 aliphatic rings. The third-order valence-electron chi connectivity index (χ3n) is 3.94. The van der Waals surface area contributed by atoms with Gasteiger partial charge in [0, 0.05) is 18.4 Å². The molecular formula is C17H23N3O. The average molecular weight is 285 g/mol. The molecule has 2 aromatic rings. The maximum atomic E-state index is 5.82. The molecule has 2 atom stereocenters. The Morgan fingerprint density at radius 3 is 2.76 bits per heavy atom. The molecule has 0 saturated heterocycles. The first kappa shape index (κ1) is 14.3. The summed E-state index contributed by atoms with van der Waals surface area (Å²) in [6, 6.07) is 11.1. The van der Waals surface area contributed by atoms with Gasteiger partial charge < -0.3 is 9.73 Å². The fraction of sp³-hybridized carbons (Fsp3) is 0.529. The van der Waals surface area contributed by atoms with E-state index in [0.717, 1.165) is 37.6 Å². The van der Waals surface area contributed by atoms with Gasteiger partial charge >= 0.3 is 0 Å². The Morgan fingerprint density at radius 1 is 1.19 bits per heavy atom. The first-order valence-electron chi connectivity index (χ1n) is 7.84. The van der Waals surface area contributed by atoms with Crippen LogP contribution in [0, 0.1) is 0 Å². The van der Waals surface area contributed by atoms with Crippen LogP contribution in [0.25, 0.3) is 0 Å². The van der Waals surface area contributed by atoms with Crippen LogP contribution < -0.4 is 5.32 Å². The van der Waals surface area contributed by atoms with Crippen molar-refractivity contribution < 1.29 is 4.42 Å². The van der Waals surface area contributed by atoms with Crippen molar-refractivity contribution in [3.8, 4) is 0 Å². The van der Waals surface area contributed by atoms with E-state index in [2.05, 4.69) is 59.7 Å². The Balaban J connectivity index is 1.50. The second-order valence-corrected chi connectivity index (χ2v) is 6.11. The molecule has 4 heteroatoms. The van der Waals surface area contributed by atoms with E-state index in [1.807, 2.05) is 0 Å². The first-order chi connectivity index (χ1) is 10.2. The Bertz CT molecular complexity index is 564. The smallest absolute Gasteiger partial charge is 0.220 e. The van der Waals surface area contributed by atoms with Gasteiger partial charge in [0.2, 0.25) is 11.8 Å². The maximum absolute atomic E-state index is 5.82. The van der Waals surface area contributed by atoms with Crippen LogP contribution in [0.5, 0.6) is 0 Å². The van der Waals surface area contributed by atoms with E-state index in [-0.39, 0.29) is 0 Å². The fourth-order valence-electron chi connectivity index (χ4n) is 2.68. The van der Waals surface area contributed by atoms with Crippen LogP contribution >= 0.6 is 0 Å². The van der Waals surface area contributed by atoms with E-state index < -0.39 is 0 Å². The van der Waals surface area contributed by atoms with Crippen LogP contribution in [0.1, 0.15) is 55.9 Å². The third kappa shape index (κ3) is 3.70. The number of aryl methyl sites for hydroxylation is 1. The quantitative estimate of drug-likeness (QED) is 0.793. The van der Waals surface area contributed by atoms with Crippen molar-refractivity contribution in [1.82, 2.24) is 15.5 Å². The summed E-state index contributed by atoms with van der Waals surface area (Å²) in [6.45, 7) is 5.30. The lowest BCUT2D eigenvalue weighted by atomic mass is 10.1. The van der Waals surface area contributed by atoms with Crippen LogP contribution in [0.2, 0.25) is 0 Å². The highest BCUT2D eigenvalue weighted by molar-refractivity contribution is 5.30. The van der Waals surface area contributed by atoms with E-state index in [1.165, 1.54) is 5.56 Å². The van der Waals surface area contributed by atoms with Crippen molar-refractivity contribution >= 4 is 0 Å². The monoisotopic (exact) mass is 285 g/mol. The SMILES string of the molecule is CC(C)NCCCc1nnc(C2CC2c2ccccc2)o1. The highest BCUT2D eigenvalue weighted by Gasteiger charge is 2.43. The summed E-state index contributed by atoms with van der Waals surface area (Å²) in [4.78, 5) is 0.